The van der Waals surface area contributed by atoms with Crippen LogP contribution in [0.2, 0.25) is 0 Å². The van der Waals surface area contributed by atoms with Crippen molar-refractivity contribution in [3.63, 3.8) is 0 Å². The van der Waals surface area contributed by atoms with Gasteiger partial charge in [-0.2, -0.15) is 0 Å². The molecule has 1 aromatic rings. The Labute approximate surface area is 113 Å². The van der Waals surface area contributed by atoms with Crippen LogP contribution in [0.1, 0.15) is 42.9 Å². The highest BCUT2D eigenvalue weighted by molar-refractivity contribution is 5.36. The Morgan fingerprint density at radius 1 is 1.05 bits per heavy atom. The quantitative estimate of drug-likeness (QED) is 0.855. The molecule has 2 heteroatoms. The van der Waals surface area contributed by atoms with Crippen LogP contribution in [-0.4, -0.2) is 6.04 Å². The van der Waals surface area contributed by atoms with Crippen LogP contribution in [0, 0.1) is 29.5 Å². The fraction of sp³-hybridized carbons (Fsp3) is 0.647. The number of hydrogen-bond donors (Lipinski definition) is 1. The van der Waals surface area contributed by atoms with Crippen molar-refractivity contribution < 1.29 is 4.39 Å². The van der Waals surface area contributed by atoms with Crippen molar-refractivity contribution in [2.24, 2.45) is 23.7 Å². The highest BCUT2D eigenvalue weighted by atomic mass is 19.1. The van der Waals surface area contributed by atoms with Crippen molar-refractivity contribution in [2.45, 2.75) is 44.2 Å². The van der Waals surface area contributed by atoms with Gasteiger partial charge in [-0.05, 0) is 73.0 Å². The number of benzene rings is 1. The number of rotatable bonds is 2. The molecule has 5 atom stereocenters. The maximum atomic E-state index is 13.8. The number of fused-ring (bicyclic) bond motifs is 6. The molecule has 3 saturated carbocycles. The number of hydrogen-bond acceptors (Lipinski definition) is 1. The second-order valence-electron chi connectivity index (χ2n) is 7.08. The van der Waals surface area contributed by atoms with Crippen molar-refractivity contribution in [3.8, 4) is 0 Å². The molecule has 19 heavy (non-hydrogen) atoms. The van der Waals surface area contributed by atoms with Gasteiger partial charge in [-0.1, -0.05) is 12.1 Å². The van der Waals surface area contributed by atoms with E-state index in [1.807, 2.05) is 6.07 Å². The summed E-state index contributed by atoms with van der Waals surface area (Å²) in [6, 6.07) is 6.76. The Morgan fingerprint density at radius 2 is 1.84 bits per heavy atom. The van der Waals surface area contributed by atoms with Crippen LogP contribution < -0.4 is 5.32 Å². The zero-order valence-corrected chi connectivity index (χ0v) is 11.1. The third-order valence-corrected chi connectivity index (χ3v) is 6.34. The summed E-state index contributed by atoms with van der Waals surface area (Å²) in [7, 11) is 0. The normalized spacial score (nSPS) is 45.3. The molecule has 0 amide bonds. The predicted molar refractivity (Wildman–Crippen MR) is 72.2 cm³/mol. The van der Waals surface area contributed by atoms with E-state index in [0.717, 1.165) is 48.1 Å². The molecule has 1 N–H and O–H groups in total. The lowest BCUT2D eigenvalue weighted by Crippen LogP contribution is -2.26. The maximum absolute atomic E-state index is 13.8. The molecule has 100 valence electrons. The molecule has 0 radical (unpaired) electrons. The van der Waals surface area contributed by atoms with Crippen molar-refractivity contribution in [1.82, 2.24) is 5.32 Å². The molecule has 0 heterocycles. The van der Waals surface area contributed by atoms with E-state index in [2.05, 4.69) is 11.4 Å². The predicted octanol–water partition coefficient (Wildman–Crippen LogP) is 3.45. The van der Waals surface area contributed by atoms with Crippen molar-refractivity contribution in [3.05, 3.63) is 35.1 Å². The first-order valence-electron chi connectivity index (χ1n) is 7.86. The van der Waals surface area contributed by atoms with E-state index >= 15 is 0 Å². The topological polar surface area (TPSA) is 12.0 Å². The van der Waals surface area contributed by atoms with Crippen LogP contribution in [-0.2, 0) is 6.42 Å². The van der Waals surface area contributed by atoms with Gasteiger partial charge in [0.05, 0.1) is 0 Å². The van der Waals surface area contributed by atoms with Crippen LogP contribution in [0.25, 0.3) is 0 Å². The minimum atomic E-state index is -0.00198. The SMILES string of the molecule is Fc1cccc2c1CCC2NC1C2C3CCC(C3)C12. The average Bonchev–Trinajstić information content (AvgIpc) is 2.81. The Morgan fingerprint density at radius 3 is 2.63 bits per heavy atom. The van der Waals surface area contributed by atoms with Gasteiger partial charge in [0.15, 0.2) is 0 Å². The molecule has 0 spiro atoms. The van der Waals surface area contributed by atoms with Gasteiger partial charge in [-0.3, -0.25) is 0 Å². The highest BCUT2D eigenvalue weighted by Crippen LogP contribution is 2.66. The Bertz CT molecular complexity index is 524. The lowest BCUT2D eigenvalue weighted by Gasteiger charge is -2.17. The Kier molecular flexibility index (Phi) is 2.06. The fourth-order valence-corrected chi connectivity index (χ4v) is 5.56. The van der Waals surface area contributed by atoms with Gasteiger partial charge in [0.2, 0.25) is 0 Å². The van der Waals surface area contributed by atoms with E-state index in [9.17, 15) is 4.39 Å². The minimum absolute atomic E-state index is 0.00198. The summed E-state index contributed by atoms with van der Waals surface area (Å²) in [6.45, 7) is 0. The molecule has 2 bridgehead atoms. The first kappa shape index (κ1) is 10.8. The summed E-state index contributed by atoms with van der Waals surface area (Å²) >= 11 is 0. The molecular weight excluding hydrogens is 237 g/mol. The lowest BCUT2D eigenvalue weighted by molar-refractivity contribution is 0.420. The molecule has 0 aromatic heterocycles. The highest BCUT2D eigenvalue weighted by Gasteiger charge is 2.65. The number of nitrogens with one attached hydrogen (secondary N) is 1. The van der Waals surface area contributed by atoms with E-state index in [1.54, 1.807) is 6.07 Å². The van der Waals surface area contributed by atoms with E-state index in [1.165, 1.54) is 24.8 Å². The molecule has 4 aliphatic rings. The first-order valence-corrected chi connectivity index (χ1v) is 7.86. The molecule has 4 aliphatic carbocycles. The average molecular weight is 257 g/mol. The standard InChI is InChI=1S/C17H20FN/c18-13-3-1-2-12-11(13)6-7-14(12)19-17-15-9-4-5-10(8-9)16(15)17/h1-3,9-10,14-17,19H,4-8H2. The van der Waals surface area contributed by atoms with E-state index < -0.39 is 0 Å². The van der Waals surface area contributed by atoms with Crippen molar-refractivity contribution in [1.29, 1.82) is 0 Å². The molecule has 0 aliphatic heterocycles. The van der Waals surface area contributed by atoms with Crippen LogP contribution in [0.5, 0.6) is 0 Å². The first-order chi connectivity index (χ1) is 9.33. The Hall–Kier alpha value is -0.890. The van der Waals surface area contributed by atoms with E-state index in [4.69, 9.17) is 0 Å². The maximum Gasteiger partial charge on any atom is 0.126 e. The number of halogens is 1. The molecule has 3 fully saturated rings. The molecule has 5 unspecified atom stereocenters. The van der Waals surface area contributed by atoms with Crippen LogP contribution in [0.3, 0.4) is 0 Å². The van der Waals surface area contributed by atoms with Gasteiger partial charge in [-0.25, -0.2) is 4.39 Å². The zero-order valence-electron chi connectivity index (χ0n) is 11.1. The zero-order chi connectivity index (χ0) is 12.6. The summed E-state index contributed by atoms with van der Waals surface area (Å²) in [6.07, 6.45) is 6.44. The second-order valence-corrected chi connectivity index (χ2v) is 7.08. The van der Waals surface area contributed by atoms with Crippen molar-refractivity contribution >= 4 is 0 Å². The van der Waals surface area contributed by atoms with Crippen molar-refractivity contribution in [2.75, 3.05) is 0 Å². The van der Waals surface area contributed by atoms with Gasteiger partial charge in [0.25, 0.3) is 0 Å². The summed E-state index contributed by atoms with van der Waals surface area (Å²) < 4.78 is 13.8. The van der Waals surface area contributed by atoms with Gasteiger partial charge >= 0.3 is 0 Å². The molecule has 1 aromatic carbocycles. The smallest absolute Gasteiger partial charge is 0.126 e. The van der Waals surface area contributed by atoms with Gasteiger partial charge in [-0.15, -0.1) is 0 Å². The third kappa shape index (κ3) is 1.38. The molecular formula is C17H20FN. The molecule has 1 nitrogen and oxygen atoms in total. The molecule has 0 saturated heterocycles. The fourth-order valence-electron chi connectivity index (χ4n) is 5.56. The monoisotopic (exact) mass is 257 g/mol. The van der Waals surface area contributed by atoms with E-state index in [-0.39, 0.29) is 5.82 Å². The van der Waals surface area contributed by atoms with E-state index in [0.29, 0.717) is 6.04 Å². The summed E-state index contributed by atoms with van der Waals surface area (Å²) in [5.74, 6) is 3.97. The largest absolute Gasteiger partial charge is 0.307 e. The summed E-state index contributed by atoms with van der Waals surface area (Å²) in [5, 5.41) is 3.87. The van der Waals surface area contributed by atoms with Crippen LogP contribution in [0.15, 0.2) is 18.2 Å². The van der Waals surface area contributed by atoms with Gasteiger partial charge < -0.3 is 5.32 Å². The van der Waals surface area contributed by atoms with Gasteiger partial charge in [0, 0.05) is 12.1 Å². The lowest BCUT2D eigenvalue weighted by atomic mass is 10.0. The third-order valence-electron chi connectivity index (χ3n) is 6.34. The van der Waals surface area contributed by atoms with Gasteiger partial charge in [0.1, 0.15) is 5.82 Å². The summed E-state index contributed by atoms with van der Waals surface area (Å²) in [5.41, 5.74) is 2.20. The molecule has 5 rings (SSSR count). The second kappa shape index (κ2) is 3.60. The van der Waals surface area contributed by atoms with Crippen LogP contribution in [0.4, 0.5) is 4.39 Å². The minimum Gasteiger partial charge on any atom is -0.307 e. The summed E-state index contributed by atoms with van der Waals surface area (Å²) in [4.78, 5) is 0. The van der Waals surface area contributed by atoms with Crippen LogP contribution >= 0.6 is 0 Å². The Balaban J connectivity index is 1.37.